The molecule has 1 aromatic carbocycles. The van der Waals surface area contributed by atoms with Crippen molar-refractivity contribution in [2.75, 3.05) is 13.1 Å². The van der Waals surface area contributed by atoms with Crippen molar-refractivity contribution in [1.82, 2.24) is 15.0 Å². The maximum absolute atomic E-state index is 12.5. The first-order chi connectivity index (χ1) is 13.3. The topological polar surface area (TPSA) is 59.2 Å². The third kappa shape index (κ3) is 4.52. The molecular formula is C21H21N3O2S. The number of piperidine rings is 1. The van der Waals surface area contributed by atoms with Crippen molar-refractivity contribution in [2.45, 2.75) is 19.3 Å². The van der Waals surface area contributed by atoms with Crippen LogP contribution in [0.25, 0.3) is 17.5 Å². The molecule has 1 atom stereocenters. The van der Waals surface area contributed by atoms with Gasteiger partial charge in [-0.3, -0.25) is 4.79 Å². The molecule has 5 nitrogen and oxygen atoms in total. The minimum atomic E-state index is 0.0630. The van der Waals surface area contributed by atoms with E-state index in [0.717, 1.165) is 37.1 Å². The Kier molecular flexibility index (Phi) is 5.44. The monoisotopic (exact) mass is 379 g/mol. The quantitative estimate of drug-likeness (QED) is 0.621. The summed E-state index contributed by atoms with van der Waals surface area (Å²) in [5, 5.41) is 8.08. The summed E-state index contributed by atoms with van der Waals surface area (Å²) < 4.78 is 5.42. The molecule has 1 fully saturated rings. The first-order valence-electron chi connectivity index (χ1n) is 9.15. The zero-order chi connectivity index (χ0) is 18.5. The number of likely N-dealkylation sites (tertiary alicyclic amines) is 1. The van der Waals surface area contributed by atoms with Crippen molar-refractivity contribution < 1.29 is 9.32 Å². The minimum absolute atomic E-state index is 0.0630. The predicted octanol–water partition coefficient (Wildman–Crippen LogP) is 4.29. The Labute approximate surface area is 162 Å². The van der Waals surface area contributed by atoms with Gasteiger partial charge in [0.05, 0.1) is 0 Å². The Morgan fingerprint density at radius 2 is 2.19 bits per heavy atom. The number of rotatable bonds is 5. The molecule has 0 spiro atoms. The highest BCUT2D eigenvalue weighted by Gasteiger charge is 2.24. The Balaban J connectivity index is 1.35. The van der Waals surface area contributed by atoms with Crippen LogP contribution >= 0.6 is 11.3 Å². The van der Waals surface area contributed by atoms with Crippen LogP contribution < -0.4 is 0 Å². The van der Waals surface area contributed by atoms with Crippen molar-refractivity contribution >= 4 is 23.3 Å². The van der Waals surface area contributed by atoms with Crippen LogP contribution in [0.15, 0.2) is 57.8 Å². The molecule has 1 amide bonds. The molecule has 1 saturated heterocycles. The largest absolute Gasteiger partial charge is 0.339 e. The molecule has 0 saturated carbocycles. The normalized spacial score (nSPS) is 17.5. The molecule has 0 aliphatic carbocycles. The number of hydrogen-bond acceptors (Lipinski definition) is 5. The number of thiophene rings is 1. The summed E-state index contributed by atoms with van der Waals surface area (Å²) in [4.78, 5) is 18.9. The molecule has 3 heterocycles. The number of nitrogens with zero attached hydrogens (tertiary/aromatic N) is 3. The zero-order valence-electron chi connectivity index (χ0n) is 15.0. The average Bonchev–Trinajstić information content (AvgIpc) is 3.39. The fourth-order valence-electron chi connectivity index (χ4n) is 3.36. The highest BCUT2D eigenvalue weighted by Crippen LogP contribution is 2.23. The van der Waals surface area contributed by atoms with Crippen LogP contribution in [-0.4, -0.2) is 34.0 Å². The van der Waals surface area contributed by atoms with Gasteiger partial charge in [-0.25, -0.2) is 0 Å². The number of carbonyl (C=O) groups excluding carboxylic acids is 1. The Morgan fingerprint density at radius 1 is 1.30 bits per heavy atom. The van der Waals surface area contributed by atoms with E-state index >= 15 is 0 Å². The van der Waals surface area contributed by atoms with Crippen molar-refractivity contribution in [3.05, 3.63) is 64.7 Å². The number of benzene rings is 1. The molecular weight excluding hydrogens is 358 g/mol. The van der Waals surface area contributed by atoms with Gasteiger partial charge >= 0.3 is 0 Å². The van der Waals surface area contributed by atoms with Crippen LogP contribution in [0.2, 0.25) is 0 Å². The van der Waals surface area contributed by atoms with Gasteiger partial charge in [0.2, 0.25) is 17.6 Å². The lowest BCUT2D eigenvalue weighted by atomic mass is 9.94. The van der Waals surface area contributed by atoms with E-state index in [-0.39, 0.29) is 5.91 Å². The lowest BCUT2D eigenvalue weighted by molar-refractivity contribution is -0.127. The van der Waals surface area contributed by atoms with E-state index in [4.69, 9.17) is 4.52 Å². The zero-order valence-corrected chi connectivity index (χ0v) is 15.8. The van der Waals surface area contributed by atoms with E-state index in [2.05, 4.69) is 10.1 Å². The van der Waals surface area contributed by atoms with E-state index in [1.165, 1.54) is 0 Å². The molecule has 1 unspecified atom stereocenters. The second-order valence-electron chi connectivity index (χ2n) is 6.76. The summed E-state index contributed by atoms with van der Waals surface area (Å²) >= 11 is 1.61. The summed E-state index contributed by atoms with van der Waals surface area (Å²) in [6, 6.07) is 11.9. The Hall–Kier alpha value is -2.73. The average molecular weight is 379 g/mol. The van der Waals surface area contributed by atoms with Crippen molar-refractivity contribution in [3.8, 4) is 11.4 Å². The molecule has 6 heteroatoms. The Bertz CT molecular complexity index is 903. The summed E-state index contributed by atoms with van der Waals surface area (Å²) in [5.41, 5.74) is 2.02. The first kappa shape index (κ1) is 17.7. The first-order valence-corrected chi connectivity index (χ1v) is 10.1. The smallest absolute Gasteiger partial charge is 0.246 e. The summed E-state index contributed by atoms with van der Waals surface area (Å²) in [5.74, 6) is 1.70. The molecule has 1 aliphatic heterocycles. The van der Waals surface area contributed by atoms with Gasteiger partial charge in [-0.05, 0) is 41.8 Å². The van der Waals surface area contributed by atoms with Gasteiger partial charge in [0.1, 0.15) is 0 Å². The number of carbonyl (C=O) groups is 1. The van der Waals surface area contributed by atoms with Crippen molar-refractivity contribution in [3.63, 3.8) is 0 Å². The second-order valence-corrected chi connectivity index (χ2v) is 7.54. The molecule has 3 aromatic rings. The van der Waals surface area contributed by atoms with Gasteiger partial charge in [-0.1, -0.05) is 35.5 Å². The molecule has 27 heavy (non-hydrogen) atoms. The van der Waals surface area contributed by atoms with Gasteiger partial charge < -0.3 is 9.42 Å². The Morgan fingerprint density at radius 3 is 3.00 bits per heavy atom. The number of hydrogen-bond donors (Lipinski definition) is 0. The summed E-state index contributed by atoms with van der Waals surface area (Å²) in [6.45, 7) is 1.53. The maximum atomic E-state index is 12.5. The molecule has 0 bridgehead atoms. The van der Waals surface area contributed by atoms with Gasteiger partial charge in [0, 0.05) is 36.5 Å². The van der Waals surface area contributed by atoms with Gasteiger partial charge in [-0.2, -0.15) is 16.3 Å². The third-order valence-electron chi connectivity index (χ3n) is 4.76. The van der Waals surface area contributed by atoms with Crippen LogP contribution in [0.5, 0.6) is 0 Å². The van der Waals surface area contributed by atoms with Gasteiger partial charge in [0.25, 0.3) is 0 Å². The lowest BCUT2D eigenvalue weighted by Gasteiger charge is -2.31. The van der Waals surface area contributed by atoms with Crippen LogP contribution in [0.1, 0.15) is 24.3 Å². The van der Waals surface area contributed by atoms with Crippen LogP contribution in [0, 0.1) is 5.92 Å². The van der Waals surface area contributed by atoms with E-state index in [9.17, 15) is 4.79 Å². The van der Waals surface area contributed by atoms with Crippen LogP contribution in [0.3, 0.4) is 0 Å². The standard InChI is InChI=1S/C21H21N3O2S/c25-20(9-8-16-5-2-1-3-6-16)24-11-4-7-17(14-24)13-19-22-21(23-26-19)18-10-12-27-15-18/h1-3,5-6,8-10,12,15,17H,4,7,11,13-14H2/b9-8-. The molecule has 138 valence electrons. The molecule has 2 aromatic heterocycles. The van der Waals surface area contributed by atoms with E-state index in [1.807, 2.05) is 58.1 Å². The number of aromatic nitrogens is 2. The fraction of sp³-hybridized carbons (Fsp3) is 0.286. The lowest BCUT2D eigenvalue weighted by Crippen LogP contribution is -2.39. The minimum Gasteiger partial charge on any atom is -0.339 e. The van der Waals surface area contributed by atoms with Gasteiger partial charge in [0.15, 0.2) is 0 Å². The number of amides is 1. The van der Waals surface area contributed by atoms with Gasteiger partial charge in [-0.15, -0.1) is 0 Å². The second kappa shape index (κ2) is 8.31. The highest BCUT2D eigenvalue weighted by molar-refractivity contribution is 7.08. The van der Waals surface area contributed by atoms with E-state index in [1.54, 1.807) is 17.4 Å². The molecule has 0 N–H and O–H groups in total. The fourth-order valence-corrected chi connectivity index (χ4v) is 4.00. The van der Waals surface area contributed by atoms with Crippen LogP contribution in [0.4, 0.5) is 0 Å². The molecule has 0 radical (unpaired) electrons. The molecule has 4 rings (SSSR count). The van der Waals surface area contributed by atoms with E-state index in [0.29, 0.717) is 24.1 Å². The predicted molar refractivity (Wildman–Crippen MR) is 106 cm³/mol. The third-order valence-corrected chi connectivity index (χ3v) is 5.44. The maximum Gasteiger partial charge on any atom is 0.246 e. The SMILES string of the molecule is O=C(/C=C\c1ccccc1)N1CCCC(Cc2nc(-c3ccsc3)no2)C1. The van der Waals surface area contributed by atoms with E-state index < -0.39 is 0 Å². The van der Waals surface area contributed by atoms with Crippen molar-refractivity contribution in [1.29, 1.82) is 0 Å². The summed E-state index contributed by atoms with van der Waals surface area (Å²) in [7, 11) is 0. The van der Waals surface area contributed by atoms with Crippen LogP contribution in [-0.2, 0) is 11.2 Å². The highest BCUT2D eigenvalue weighted by atomic mass is 32.1. The summed E-state index contributed by atoms with van der Waals surface area (Å²) in [6.07, 6.45) is 6.32. The molecule has 1 aliphatic rings. The van der Waals surface area contributed by atoms with Crippen molar-refractivity contribution in [2.24, 2.45) is 5.92 Å².